The van der Waals surface area contributed by atoms with E-state index in [4.69, 9.17) is 0 Å². The molecule has 0 aliphatic rings. The molecule has 1 atom stereocenters. The van der Waals surface area contributed by atoms with Crippen LogP contribution in [0, 0.1) is 0 Å². The van der Waals surface area contributed by atoms with E-state index in [9.17, 15) is 22.5 Å². The van der Waals surface area contributed by atoms with Crippen LogP contribution in [0.2, 0.25) is 0 Å². The van der Waals surface area contributed by atoms with Gasteiger partial charge in [-0.1, -0.05) is 0 Å². The molecule has 1 heterocycles. The number of phenols is 1. The van der Waals surface area contributed by atoms with Gasteiger partial charge in [0.1, 0.15) is 0 Å². The molecular formula is C14H13AsN2O6. The zero-order valence-corrected chi connectivity index (χ0v) is 13.8. The van der Waals surface area contributed by atoms with Crippen molar-refractivity contribution in [2.75, 3.05) is 5.32 Å². The fraction of sp³-hybridized carbons (Fsp3) is 0.0714. The quantitative estimate of drug-likeness (QED) is 0.510. The summed E-state index contributed by atoms with van der Waals surface area (Å²) in [4.78, 5) is 26.6. The normalized spacial score (nSPS) is 13.0. The zero-order valence-electron chi connectivity index (χ0n) is 12.0. The molecule has 0 saturated heterocycles. The van der Waals surface area contributed by atoms with Gasteiger partial charge in [-0.25, -0.2) is 0 Å². The van der Waals surface area contributed by atoms with Crippen LogP contribution in [0.25, 0.3) is 0 Å². The number of nitrogens with zero attached hydrogens (tertiary/aromatic N) is 1. The van der Waals surface area contributed by atoms with Crippen molar-refractivity contribution in [1.82, 2.24) is 4.98 Å². The molecule has 8 nitrogen and oxygen atoms in total. The van der Waals surface area contributed by atoms with Crippen molar-refractivity contribution in [3.05, 3.63) is 48.3 Å². The van der Waals surface area contributed by atoms with Gasteiger partial charge in [0.15, 0.2) is 0 Å². The first kappa shape index (κ1) is 16.8. The van der Waals surface area contributed by atoms with Crippen molar-refractivity contribution in [3.63, 3.8) is 0 Å². The van der Waals surface area contributed by atoms with Gasteiger partial charge in [0, 0.05) is 0 Å². The molecule has 0 radical (unpaired) electrons. The molecule has 9 heteroatoms. The average Bonchev–Trinajstić information content (AvgIpc) is 2.49. The van der Waals surface area contributed by atoms with Crippen molar-refractivity contribution in [2.24, 2.45) is 0 Å². The predicted octanol–water partition coefficient (Wildman–Crippen LogP) is 0.171. The number of nitrogens with one attached hydrogen (secondary N) is 1. The number of aromatic hydroxyl groups is 1. The third-order valence-electron chi connectivity index (χ3n) is 2.70. The predicted molar refractivity (Wildman–Crippen MR) is 80.4 cm³/mol. The monoisotopic (exact) mass is 380 g/mol. The molecule has 0 bridgehead atoms. The average molecular weight is 380 g/mol. The molecule has 1 aromatic heterocycles. The van der Waals surface area contributed by atoms with Crippen molar-refractivity contribution in [2.45, 2.75) is 6.92 Å². The van der Waals surface area contributed by atoms with Crippen LogP contribution in [-0.2, 0) is 12.3 Å². The van der Waals surface area contributed by atoms with Gasteiger partial charge in [-0.3, -0.25) is 0 Å². The number of rotatable bonds is 4. The second-order valence-electron chi connectivity index (χ2n) is 4.50. The summed E-state index contributed by atoms with van der Waals surface area (Å²) >= 11 is -5.22. The molecule has 1 amide bonds. The second kappa shape index (κ2) is 6.68. The number of carbonyl (C=O) groups excluding carboxylic acids is 2. The van der Waals surface area contributed by atoms with Crippen LogP contribution in [-0.4, -0.2) is 40.2 Å². The number of anilines is 1. The second-order valence-corrected chi connectivity index (χ2v) is 8.15. The summed E-state index contributed by atoms with van der Waals surface area (Å²) in [7, 11) is 0. The Hall–Kier alpha value is -2.57. The van der Waals surface area contributed by atoms with E-state index in [1.54, 1.807) is 6.07 Å². The van der Waals surface area contributed by atoms with Crippen molar-refractivity contribution >= 4 is 36.1 Å². The first-order chi connectivity index (χ1) is 10.8. The number of phenolic OH excluding ortho intramolecular Hbond substituents is 1. The van der Waals surface area contributed by atoms with E-state index in [2.05, 4.69) is 14.0 Å². The number of pyridine rings is 1. The van der Waals surface area contributed by atoms with Gasteiger partial charge in [0.2, 0.25) is 0 Å². The van der Waals surface area contributed by atoms with E-state index >= 15 is 0 Å². The summed E-state index contributed by atoms with van der Waals surface area (Å²) in [6.45, 7) is 1.22. The van der Waals surface area contributed by atoms with Crippen LogP contribution in [0.3, 0.4) is 0 Å². The van der Waals surface area contributed by atoms with Gasteiger partial charge in [0.25, 0.3) is 0 Å². The first-order valence-corrected chi connectivity index (χ1v) is 9.69. The Balaban J connectivity index is 2.27. The van der Waals surface area contributed by atoms with E-state index < -0.39 is 26.0 Å². The molecule has 3 N–H and O–H groups in total. The molecular weight excluding hydrogens is 367 g/mol. The Bertz CT molecular complexity index is 793. The maximum atomic E-state index is 12.3. The maximum absolute atomic E-state index is 12.3. The summed E-state index contributed by atoms with van der Waals surface area (Å²) in [5, 5.41) is 11.9. The SMILES string of the molecule is CC(=O)Nc1cc([As](=O)(O)OC(=O)c2ccccn2)ccc1O. The van der Waals surface area contributed by atoms with Gasteiger partial charge in [-0.15, -0.1) is 0 Å². The summed E-state index contributed by atoms with van der Waals surface area (Å²) in [5.74, 6) is -1.79. The number of amides is 1. The third kappa shape index (κ3) is 4.21. The number of hydrogen-bond acceptors (Lipinski definition) is 6. The van der Waals surface area contributed by atoms with Crippen LogP contribution >= 0.6 is 0 Å². The van der Waals surface area contributed by atoms with Gasteiger partial charge in [-0.2, -0.15) is 0 Å². The van der Waals surface area contributed by atoms with E-state index in [0.717, 1.165) is 18.2 Å². The zero-order chi connectivity index (χ0) is 17.0. The molecule has 23 heavy (non-hydrogen) atoms. The van der Waals surface area contributed by atoms with Crippen LogP contribution in [0.4, 0.5) is 5.69 Å². The van der Waals surface area contributed by atoms with Crippen LogP contribution < -0.4 is 9.67 Å². The molecule has 1 aromatic carbocycles. The minimum absolute atomic E-state index is 0.0560. The summed E-state index contributed by atoms with van der Waals surface area (Å²) < 4.78 is 26.8. The number of hydrogen-bond donors (Lipinski definition) is 3. The van der Waals surface area contributed by atoms with Gasteiger partial charge in [-0.05, 0) is 0 Å². The number of benzene rings is 1. The summed E-state index contributed by atoms with van der Waals surface area (Å²) in [6, 6.07) is 7.82. The first-order valence-electron chi connectivity index (χ1n) is 6.38. The third-order valence-corrected chi connectivity index (χ3v) is 5.52. The van der Waals surface area contributed by atoms with Crippen molar-refractivity contribution in [3.8, 4) is 5.75 Å². The molecule has 0 fully saturated rings. The van der Waals surface area contributed by atoms with Crippen molar-refractivity contribution < 1.29 is 26.3 Å². The molecule has 0 aliphatic carbocycles. The Morgan fingerprint density at radius 1 is 1.26 bits per heavy atom. The fourth-order valence-electron chi connectivity index (χ4n) is 1.68. The molecule has 2 rings (SSSR count). The molecule has 0 saturated carbocycles. The topological polar surface area (TPSA) is 126 Å². The molecule has 2 aromatic rings. The van der Waals surface area contributed by atoms with Crippen LogP contribution in [0.5, 0.6) is 5.75 Å². The standard InChI is InChI=1S/C14H13AsN2O6/c1-9(18)17-12-8-10(5-6-13(12)19)15(21,22)23-14(20)11-4-2-3-7-16-11/h2-8,19H,1H3,(H,17,18)(H,21,22). The Labute approximate surface area is 134 Å². The number of carbonyl (C=O) groups is 2. The van der Waals surface area contributed by atoms with E-state index in [0.29, 0.717) is 0 Å². The van der Waals surface area contributed by atoms with Gasteiger partial charge < -0.3 is 0 Å². The Morgan fingerprint density at radius 2 is 2.00 bits per heavy atom. The Morgan fingerprint density at radius 3 is 2.61 bits per heavy atom. The summed E-state index contributed by atoms with van der Waals surface area (Å²) in [5.41, 5.74) is -0.163. The molecule has 0 aliphatic heterocycles. The fourth-order valence-corrected chi connectivity index (χ4v) is 3.74. The van der Waals surface area contributed by atoms with Crippen LogP contribution in [0.15, 0.2) is 42.6 Å². The minimum atomic E-state index is -5.22. The van der Waals surface area contributed by atoms with Gasteiger partial charge in [0.05, 0.1) is 0 Å². The van der Waals surface area contributed by atoms with E-state index in [1.165, 1.54) is 25.3 Å². The van der Waals surface area contributed by atoms with E-state index in [1.807, 2.05) is 0 Å². The van der Waals surface area contributed by atoms with Gasteiger partial charge >= 0.3 is 134 Å². The number of aromatic nitrogens is 1. The van der Waals surface area contributed by atoms with Crippen LogP contribution in [0.1, 0.15) is 17.4 Å². The Kier molecular flexibility index (Phi) is 4.88. The van der Waals surface area contributed by atoms with E-state index in [-0.39, 0.29) is 21.5 Å². The molecule has 1 unspecified atom stereocenters. The molecule has 0 spiro atoms. The van der Waals surface area contributed by atoms with Crippen molar-refractivity contribution in [1.29, 1.82) is 0 Å². The molecule has 120 valence electrons. The summed E-state index contributed by atoms with van der Waals surface area (Å²) in [6.07, 6.45) is 1.35.